The highest BCUT2D eigenvalue weighted by atomic mass is 16.4. The van der Waals surface area contributed by atoms with E-state index < -0.39 is 18.0 Å². The van der Waals surface area contributed by atoms with Crippen LogP contribution in [-0.2, 0) is 4.79 Å². The van der Waals surface area contributed by atoms with Gasteiger partial charge in [0.15, 0.2) is 0 Å². The van der Waals surface area contributed by atoms with E-state index in [1.165, 1.54) is 0 Å². The van der Waals surface area contributed by atoms with E-state index in [1.807, 2.05) is 44.2 Å². The van der Waals surface area contributed by atoms with Gasteiger partial charge in [-0.2, -0.15) is 0 Å². The standard InChI is InChI=1S/C15H22N2O3/c1-4-10(2)13(14(18)19)17-15(20)16-11(3)12-8-6-5-7-9-12/h5-11,13H,4H2,1-3H3,(H,18,19)(H2,16,17,20)/t10-,11-,13-/m0/s1. The number of benzene rings is 1. The fourth-order valence-electron chi connectivity index (χ4n) is 1.89. The van der Waals surface area contributed by atoms with Gasteiger partial charge in [-0.25, -0.2) is 9.59 Å². The maximum atomic E-state index is 11.9. The van der Waals surface area contributed by atoms with Crippen molar-refractivity contribution in [1.29, 1.82) is 0 Å². The highest BCUT2D eigenvalue weighted by Crippen LogP contribution is 2.12. The Bertz CT molecular complexity index is 448. The molecule has 3 atom stereocenters. The zero-order chi connectivity index (χ0) is 15.1. The third-order valence-corrected chi connectivity index (χ3v) is 3.41. The number of urea groups is 1. The van der Waals surface area contributed by atoms with Gasteiger partial charge in [-0.05, 0) is 18.4 Å². The Hall–Kier alpha value is -2.04. The number of rotatable bonds is 6. The molecule has 1 aromatic rings. The molecule has 0 aliphatic rings. The summed E-state index contributed by atoms with van der Waals surface area (Å²) in [5.41, 5.74) is 0.970. The van der Waals surface area contributed by atoms with Gasteiger partial charge < -0.3 is 15.7 Å². The van der Waals surface area contributed by atoms with E-state index in [1.54, 1.807) is 6.92 Å². The first kappa shape index (κ1) is 16.0. The summed E-state index contributed by atoms with van der Waals surface area (Å²) in [7, 11) is 0. The summed E-state index contributed by atoms with van der Waals surface area (Å²) >= 11 is 0. The predicted octanol–water partition coefficient (Wildman–Crippen LogP) is 2.55. The topological polar surface area (TPSA) is 78.4 Å². The summed E-state index contributed by atoms with van der Waals surface area (Å²) < 4.78 is 0. The van der Waals surface area contributed by atoms with Gasteiger partial charge in [-0.3, -0.25) is 0 Å². The first-order valence-corrected chi connectivity index (χ1v) is 6.80. The summed E-state index contributed by atoms with van der Waals surface area (Å²) in [4.78, 5) is 23.0. The number of hydrogen-bond donors (Lipinski definition) is 3. The van der Waals surface area contributed by atoms with Crippen LogP contribution in [0.1, 0.15) is 38.8 Å². The lowest BCUT2D eigenvalue weighted by molar-refractivity contribution is -0.140. The number of amides is 2. The van der Waals surface area contributed by atoms with Gasteiger partial charge in [0.1, 0.15) is 6.04 Å². The van der Waals surface area contributed by atoms with Crippen molar-refractivity contribution in [1.82, 2.24) is 10.6 Å². The van der Waals surface area contributed by atoms with Gasteiger partial charge in [-0.1, -0.05) is 50.6 Å². The zero-order valence-electron chi connectivity index (χ0n) is 12.1. The van der Waals surface area contributed by atoms with Crippen molar-refractivity contribution in [3.8, 4) is 0 Å². The Balaban J connectivity index is 2.60. The molecule has 0 radical (unpaired) electrons. The van der Waals surface area contributed by atoms with Gasteiger partial charge in [0, 0.05) is 0 Å². The number of nitrogens with one attached hydrogen (secondary N) is 2. The van der Waals surface area contributed by atoms with Crippen molar-refractivity contribution >= 4 is 12.0 Å². The predicted molar refractivity (Wildman–Crippen MR) is 77.4 cm³/mol. The average Bonchev–Trinajstić information content (AvgIpc) is 2.44. The van der Waals surface area contributed by atoms with Crippen molar-refractivity contribution in [2.45, 2.75) is 39.3 Å². The maximum absolute atomic E-state index is 11.9. The average molecular weight is 278 g/mol. The Morgan fingerprint density at radius 2 is 1.75 bits per heavy atom. The fraction of sp³-hybridized carbons (Fsp3) is 0.467. The van der Waals surface area contributed by atoms with Crippen LogP contribution in [0.3, 0.4) is 0 Å². The van der Waals surface area contributed by atoms with Gasteiger partial charge in [0.05, 0.1) is 6.04 Å². The van der Waals surface area contributed by atoms with Crippen LogP contribution < -0.4 is 10.6 Å². The molecule has 0 unspecified atom stereocenters. The minimum atomic E-state index is -1.01. The fourth-order valence-corrected chi connectivity index (χ4v) is 1.89. The first-order valence-electron chi connectivity index (χ1n) is 6.80. The molecule has 110 valence electrons. The molecule has 5 nitrogen and oxygen atoms in total. The molecule has 0 bridgehead atoms. The number of carboxylic acid groups (broad SMARTS) is 1. The summed E-state index contributed by atoms with van der Waals surface area (Å²) in [6.07, 6.45) is 0.686. The summed E-state index contributed by atoms with van der Waals surface area (Å²) in [5.74, 6) is -1.13. The summed E-state index contributed by atoms with van der Waals surface area (Å²) in [6.45, 7) is 5.56. The van der Waals surface area contributed by atoms with Crippen LogP contribution in [-0.4, -0.2) is 23.1 Å². The molecule has 1 rings (SSSR count). The van der Waals surface area contributed by atoms with Crippen LogP contribution in [0, 0.1) is 5.92 Å². The van der Waals surface area contributed by atoms with Gasteiger partial charge >= 0.3 is 12.0 Å². The monoisotopic (exact) mass is 278 g/mol. The minimum Gasteiger partial charge on any atom is -0.480 e. The molecule has 0 heterocycles. The van der Waals surface area contributed by atoms with Crippen LogP contribution in [0.5, 0.6) is 0 Å². The molecule has 0 aliphatic carbocycles. The molecular formula is C15H22N2O3. The van der Waals surface area contributed by atoms with Crippen molar-refractivity contribution < 1.29 is 14.7 Å². The van der Waals surface area contributed by atoms with Crippen LogP contribution in [0.25, 0.3) is 0 Å². The van der Waals surface area contributed by atoms with Crippen LogP contribution in [0.4, 0.5) is 4.79 Å². The molecule has 2 amide bonds. The van der Waals surface area contributed by atoms with E-state index in [2.05, 4.69) is 10.6 Å². The van der Waals surface area contributed by atoms with Gasteiger partial charge in [-0.15, -0.1) is 0 Å². The second-order valence-electron chi connectivity index (χ2n) is 4.95. The molecule has 0 saturated carbocycles. The van der Waals surface area contributed by atoms with E-state index in [4.69, 9.17) is 5.11 Å². The van der Waals surface area contributed by atoms with Crippen LogP contribution >= 0.6 is 0 Å². The number of carboxylic acids is 1. The van der Waals surface area contributed by atoms with Gasteiger partial charge in [0.25, 0.3) is 0 Å². The Labute approximate surface area is 119 Å². The SMILES string of the molecule is CC[C@H](C)[C@H](NC(=O)N[C@@H](C)c1ccccc1)C(=O)O. The second-order valence-corrected chi connectivity index (χ2v) is 4.95. The Kier molecular flexibility index (Phi) is 6.03. The molecule has 0 fully saturated rings. The van der Waals surface area contributed by atoms with Crippen LogP contribution in [0.15, 0.2) is 30.3 Å². The lowest BCUT2D eigenvalue weighted by Crippen LogP contribution is -2.49. The third-order valence-electron chi connectivity index (χ3n) is 3.41. The highest BCUT2D eigenvalue weighted by Gasteiger charge is 2.25. The third kappa shape index (κ3) is 4.57. The van der Waals surface area contributed by atoms with Crippen LogP contribution in [0.2, 0.25) is 0 Å². The first-order chi connectivity index (χ1) is 9.45. The van der Waals surface area contributed by atoms with Crippen molar-refractivity contribution in [2.75, 3.05) is 0 Å². The summed E-state index contributed by atoms with van der Waals surface area (Å²) in [5, 5.41) is 14.4. The van der Waals surface area contributed by atoms with E-state index in [-0.39, 0.29) is 12.0 Å². The second kappa shape index (κ2) is 7.53. The zero-order valence-corrected chi connectivity index (χ0v) is 12.1. The maximum Gasteiger partial charge on any atom is 0.326 e. The largest absolute Gasteiger partial charge is 0.480 e. The lowest BCUT2D eigenvalue weighted by atomic mass is 9.99. The molecule has 1 aromatic carbocycles. The van der Waals surface area contributed by atoms with Gasteiger partial charge in [0.2, 0.25) is 0 Å². The van der Waals surface area contributed by atoms with Crippen molar-refractivity contribution in [3.63, 3.8) is 0 Å². The molecule has 3 N–H and O–H groups in total. The van der Waals surface area contributed by atoms with Crippen molar-refractivity contribution in [2.24, 2.45) is 5.92 Å². The number of carbonyl (C=O) groups excluding carboxylic acids is 1. The molecule has 0 spiro atoms. The van der Waals surface area contributed by atoms with E-state index in [0.29, 0.717) is 6.42 Å². The number of carbonyl (C=O) groups is 2. The number of aliphatic carboxylic acids is 1. The summed E-state index contributed by atoms with van der Waals surface area (Å²) in [6, 6.07) is 8.00. The Morgan fingerprint density at radius 3 is 2.25 bits per heavy atom. The Morgan fingerprint density at radius 1 is 1.15 bits per heavy atom. The smallest absolute Gasteiger partial charge is 0.326 e. The molecular weight excluding hydrogens is 256 g/mol. The van der Waals surface area contributed by atoms with Crippen molar-refractivity contribution in [3.05, 3.63) is 35.9 Å². The number of hydrogen-bond acceptors (Lipinski definition) is 2. The lowest BCUT2D eigenvalue weighted by Gasteiger charge is -2.22. The van der Waals surface area contributed by atoms with E-state index in [9.17, 15) is 9.59 Å². The molecule has 0 aromatic heterocycles. The minimum absolute atomic E-state index is 0.120. The highest BCUT2D eigenvalue weighted by molar-refractivity contribution is 5.82. The normalized spacial score (nSPS) is 14.9. The molecule has 0 saturated heterocycles. The molecule has 20 heavy (non-hydrogen) atoms. The van der Waals surface area contributed by atoms with E-state index in [0.717, 1.165) is 5.56 Å². The quantitative estimate of drug-likeness (QED) is 0.748. The molecule has 0 aliphatic heterocycles. The molecule has 5 heteroatoms. The van der Waals surface area contributed by atoms with E-state index >= 15 is 0 Å².